The standard InChI is InChI=1S/C17H24N4O/c1-19-12-15(11-18-19)13-20-7-9-21(10-8-20)14-17(22)16-5-3-2-4-6-16/h2-6,11-12,17,22H,7-10,13-14H2,1H3/t17-/m1/s1. The van der Waals surface area contributed by atoms with E-state index in [0.29, 0.717) is 6.54 Å². The minimum atomic E-state index is -0.397. The van der Waals surface area contributed by atoms with Crippen molar-refractivity contribution in [2.45, 2.75) is 12.6 Å². The van der Waals surface area contributed by atoms with E-state index in [4.69, 9.17) is 0 Å². The smallest absolute Gasteiger partial charge is 0.0916 e. The van der Waals surface area contributed by atoms with Crippen LogP contribution >= 0.6 is 0 Å². The normalized spacial score (nSPS) is 18.5. The van der Waals surface area contributed by atoms with E-state index in [1.807, 2.05) is 48.3 Å². The van der Waals surface area contributed by atoms with Crippen LogP contribution in [0.5, 0.6) is 0 Å². The van der Waals surface area contributed by atoms with Crippen molar-refractivity contribution >= 4 is 0 Å². The Labute approximate surface area is 131 Å². The molecule has 1 aromatic heterocycles. The second-order valence-electron chi connectivity index (χ2n) is 6.03. The van der Waals surface area contributed by atoms with Crippen LogP contribution in [0.1, 0.15) is 17.2 Å². The molecule has 1 fully saturated rings. The van der Waals surface area contributed by atoms with Gasteiger partial charge in [0.05, 0.1) is 12.3 Å². The molecule has 1 aliphatic heterocycles. The molecule has 2 heterocycles. The average molecular weight is 300 g/mol. The number of benzene rings is 1. The molecule has 5 heteroatoms. The van der Waals surface area contributed by atoms with Gasteiger partial charge in [-0.15, -0.1) is 0 Å². The number of aromatic nitrogens is 2. The quantitative estimate of drug-likeness (QED) is 0.903. The number of piperazine rings is 1. The number of hydrogen-bond donors (Lipinski definition) is 1. The van der Waals surface area contributed by atoms with Crippen LogP contribution in [-0.4, -0.2) is 57.4 Å². The molecule has 1 atom stereocenters. The Kier molecular flexibility index (Phi) is 4.87. The molecule has 0 unspecified atom stereocenters. The van der Waals surface area contributed by atoms with Crippen LogP contribution in [0.2, 0.25) is 0 Å². The first kappa shape index (κ1) is 15.2. The lowest BCUT2D eigenvalue weighted by Gasteiger charge is -2.35. The van der Waals surface area contributed by atoms with Crippen LogP contribution in [0, 0.1) is 0 Å². The van der Waals surface area contributed by atoms with E-state index >= 15 is 0 Å². The predicted molar refractivity (Wildman–Crippen MR) is 86.3 cm³/mol. The van der Waals surface area contributed by atoms with Gasteiger partial charge < -0.3 is 5.11 Å². The summed E-state index contributed by atoms with van der Waals surface area (Å²) in [7, 11) is 1.95. The van der Waals surface area contributed by atoms with Gasteiger partial charge in [0.1, 0.15) is 0 Å². The lowest BCUT2D eigenvalue weighted by atomic mass is 10.1. The Bertz CT molecular complexity index is 575. The predicted octanol–water partition coefficient (Wildman–Crippen LogP) is 1.27. The molecule has 1 aromatic carbocycles. The fraction of sp³-hybridized carbons (Fsp3) is 0.471. The number of hydrogen-bond acceptors (Lipinski definition) is 4. The van der Waals surface area contributed by atoms with Gasteiger partial charge in [0.25, 0.3) is 0 Å². The van der Waals surface area contributed by atoms with Crippen LogP contribution in [0.15, 0.2) is 42.7 Å². The molecule has 1 saturated heterocycles. The Hall–Kier alpha value is -1.69. The molecule has 1 N–H and O–H groups in total. The van der Waals surface area contributed by atoms with Crippen molar-refractivity contribution in [3.05, 3.63) is 53.9 Å². The maximum atomic E-state index is 10.3. The monoisotopic (exact) mass is 300 g/mol. The second-order valence-corrected chi connectivity index (χ2v) is 6.03. The highest BCUT2D eigenvalue weighted by molar-refractivity contribution is 5.17. The summed E-state index contributed by atoms with van der Waals surface area (Å²) in [4.78, 5) is 4.79. The van der Waals surface area contributed by atoms with Gasteiger partial charge in [0.2, 0.25) is 0 Å². The lowest BCUT2D eigenvalue weighted by molar-refractivity contribution is 0.0701. The number of aliphatic hydroxyl groups excluding tert-OH is 1. The highest BCUT2D eigenvalue weighted by Gasteiger charge is 2.20. The SMILES string of the molecule is Cn1cc(CN2CCN(C[C@@H](O)c3ccccc3)CC2)cn1. The first-order valence-electron chi connectivity index (χ1n) is 7.86. The van der Waals surface area contributed by atoms with Gasteiger partial charge in [0.15, 0.2) is 0 Å². The van der Waals surface area contributed by atoms with Crippen molar-refractivity contribution in [1.82, 2.24) is 19.6 Å². The first-order chi connectivity index (χ1) is 10.7. The van der Waals surface area contributed by atoms with E-state index in [1.54, 1.807) is 0 Å². The summed E-state index contributed by atoms with van der Waals surface area (Å²) in [5.41, 5.74) is 2.26. The highest BCUT2D eigenvalue weighted by Crippen LogP contribution is 2.15. The van der Waals surface area contributed by atoms with E-state index in [2.05, 4.69) is 21.1 Å². The molecule has 0 saturated carbocycles. The summed E-state index contributed by atoms with van der Waals surface area (Å²) in [5.74, 6) is 0. The zero-order valence-corrected chi connectivity index (χ0v) is 13.1. The van der Waals surface area contributed by atoms with Crippen LogP contribution in [-0.2, 0) is 13.6 Å². The van der Waals surface area contributed by atoms with Crippen molar-refractivity contribution in [1.29, 1.82) is 0 Å². The lowest BCUT2D eigenvalue weighted by Crippen LogP contribution is -2.47. The summed E-state index contributed by atoms with van der Waals surface area (Å²) in [5, 5.41) is 14.5. The van der Waals surface area contributed by atoms with E-state index in [9.17, 15) is 5.11 Å². The molecule has 0 amide bonds. The molecule has 0 bridgehead atoms. The van der Waals surface area contributed by atoms with Crippen LogP contribution in [0.4, 0.5) is 0 Å². The maximum Gasteiger partial charge on any atom is 0.0916 e. The zero-order valence-electron chi connectivity index (χ0n) is 13.1. The van der Waals surface area contributed by atoms with Gasteiger partial charge in [-0.25, -0.2) is 0 Å². The Morgan fingerprint density at radius 3 is 2.41 bits per heavy atom. The fourth-order valence-corrected chi connectivity index (χ4v) is 2.97. The van der Waals surface area contributed by atoms with Gasteiger partial charge in [-0.05, 0) is 5.56 Å². The molecule has 5 nitrogen and oxygen atoms in total. The largest absolute Gasteiger partial charge is 0.387 e. The van der Waals surface area contributed by atoms with Gasteiger partial charge in [-0.3, -0.25) is 14.5 Å². The summed E-state index contributed by atoms with van der Waals surface area (Å²) in [6.07, 6.45) is 3.61. The zero-order chi connectivity index (χ0) is 15.4. The summed E-state index contributed by atoms with van der Waals surface area (Å²) in [6.45, 7) is 5.76. The second kappa shape index (κ2) is 7.05. The first-order valence-corrected chi connectivity index (χ1v) is 7.86. The van der Waals surface area contributed by atoms with E-state index in [-0.39, 0.29) is 0 Å². The van der Waals surface area contributed by atoms with E-state index in [1.165, 1.54) is 5.56 Å². The Morgan fingerprint density at radius 1 is 1.09 bits per heavy atom. The van der Waals surface area contributed by atoms with E-state index in [0.717, 1.165) is 38.3 Å². The van der Waals surface area contributed by atoms with Gasteiger partial charge in [-0.1, -0.05) is 30.3 Å². The molecule has 118 valence electrons. The molecule has 0 radical (unpaired) electrons. The van der Waals surface area contributed by atoms with Crippen molar-refractivity contribution in [3.8, 4) is 0 Å². The molecular formula is C17H24N4O. The van der Waals surface area contributed by atoms with Crippen molar-refractivity contribution in [2.75, 3.05) is 32.7 Å². The average Bonchev–Trinajstić information content (AvgIpc) is 2.95. The third kappa shape index (κ3) is 3.94. The summed E-state index contributed by atoms with van der Waals surface area (Å²) in [6, 6.07) is 9.91. The summed E-state index contributed by atoms with van der Waals surface area (Å²) < 4.78 is 1.85. The maximum absolute atomic E-state index is 10.3. The minimum absolute atomic E-state index is 0.397. The molecule has 2 aromatic rings. The molecule has 0 spiro atoms. The number of nitrogens with zero attached hydrogens (tertiary/aromatic N) is 4. The molecular weight excluding hydrogens is 276 g/mol. The number of aryl methyl sites for hydroxylation is 1. The van der Waals surface area contributed by atoms with Crippen LogP contribution in [0.3, 0.4) is 0 Å². The molecule has 3 rings (SSSR count). The van der Waals surface area contributed by atoms with Crippen molar-refractivity contribution < 1.29 is 5.11 Å². The third-order valence-electron chi connectivity index (χ3n) is 4.24. The highest BCUT2D eigenvalue weighted by atomic mass is 16.3. The van der Waals surface area contributed by atoms with Gasteiger partial charge in [-0.2, -0.15) is 5.10 Å². The molecule has 0 aliphatic carbocycles. The van der Waals surface area contributed by atoms with Crippen LogP contribution < -0.4 is 0 Å². The van der Waals surface area contributed by atoms with Crippen LogP contribution in [0.25, 0.3) is 0 Å². The summed E-state index contributed by atoms with van der Waals surface area (Å²) >= 11 is 0. The third-order valence-corrected chi connectivity index (χ3v) is 4.24. The Balaban J connectivity index is 1.45. The molecule has 1 aliphatic rings. The van der Waals surface area contributed by atoms with Gasteiger partial charge in [0, 0.05) is 58.1 Å². The minimum Gasteiger partial charge on any atom is -0.387 e. The number of β-amino-alcohol motifs (C(OH)–C–C–N with tert-alkyl or cyclic N) is 1. The fourth-order valence-electron chi connectivity index (χ4n) is 2.97. The topological polar surface area (TPSA) is 44.5 Å². The van der Waals surface area contributed by atoms with Crippen molar-refractivity contribution in [3.63, 3.8) is 0 Å². The van der Waals surface area contributed by atoms with Crippen molar-refractivity contribution in [2.24, 2.45) is 7.05 Å². The van der Waals surface area contributed by atoms with E-state index < -0.39 is 6.10 Å². The molecule has 22 heavy (non-hydrogen) atoms. The number of rotatable bonds is 5. The Morgan fingerprint density at radius 2 is 1.77 bits per heavy atom. The van der Waals surface area contributed by atoms with Gasteiger partial charge >= 0.3 is 0 Å². The number of aliphatic hydroxyl groups is 1.